The van der Waals surface area contributed by atoms with E-state index in [2.05, 4.69) is 36.2 Å². The van der Waals surface area contributed by atoms with Gasteiger partial charge in [-0.25, -0.2) is 9.59 Å². The fraction of sp³-hybridized carbons (Fsp3) is 0.161. The van der Waals surface area contributed by atoms with Crippen molar-refractivity contribution in [2.45, 2.75) is 6.42 Å². The molecule has 0 bridgehead atoms. The second-order valence-electron chi connectivity index (χ2n) is 9.42. The van der Waals surface area contributed by atoms with E-state index in [1.165, 1.54) is 6.07 Å². The van der Waals surface area contributed by atoms with E-state index >= 15 is 0 Å². The van der Waals surface area contributed by atoms with Crippen molar-refractivity contribution in [2.24, 2.45) is 0 Å². The highest BCUT2D eigenvalue weighted by atomic mass is 32.1. The molecule has 46 heavy (non-hydrogen) atoms. The minimum Gasteiger partial charge on any atom is -0.497 e. The molecule has 0 aliphatic heterocycles. The molecule has 14 nitrogen and oxygen atoms in total. The van der Waals surface area contributed by atoms with Crippen molar-refractivity contribution in [1.29, 1.82) is 0 Å². The third-order valence-electron chi connectivity index (χ3n) is 6.37. The topological polar surface area (TPSA) is 171 Å². The minimum absolute atomic E-state index is 0.0272. The van der Waals surface area contributed by atoms with Crippen LogP contribution in [0.25, 0.3) is 11.0 Å². The average molecular weight is 644 g/mol. The number of rotatable bonds is 11. The third kappa shape index (κ3) is 8.15. The molecule has 0 fully saturated rings. The zero-order valence-electron chi connectivity index (χ0n) is 25.0. The molecule has 236 valence electrons. The largest absolute Gasteiger partial charge is 0.497 e. The molecule has 5 rings (SSSR count). The third-order valence-corrected chi connectivity index (χ3v) is 6.62. The number of ether oxygens (including phenoxy) is 4. The number of para-hydroxylation sites is 1. The van der Waals surface area contributed by atoms with Gasteiger partial charge in [-0.1, -0.05) is 18.2 Å². The summed E-state index contributed by atoms with van der Waals surface area (Å²) in [6, 6.07) is 19.5. The second kappa shape index (κ2) is 14.7. The first-order valence-corrected chi connectivity index (χ1v) is 14.2. The molecule has 0 atom stereocenters. The smallest absolute Gasteiger partial charge is 0.339 e. The fourth-order valence-electron chi connectivity index (χ4n) is 4.22. The summed E-state index contributed by atoms with van der Waals surface area (Å²) in [5.74, 6) is 1.86. The summed E-state index contributed by atoms with van der Waals surface area (Å²) in [6.07, 6.45) is 0.621. The van der Waals surface area contributed by atoms with E-state index in [4.69, 9.17) is 35.6 Å². The molecule has 2 heterocycles. The Kier molecular flexibility index (Phi) is 10.0. The first-order valence-electron chi connectivity index (χ1n) is 13.8. The van der Waals surface area contributed by atoms with Gasteiger partial charge in [0.25, 0.3) is 0 Å². The molecule has 0 aliphatic rings. The zero-order chi connectivity index (χ0) is 32.5. The van der Waals surface area contributed by atoms with E-state index in [1.807, 2.05) is 18.2 Å². The standard InChI is InChI=1S/C31H29N7O7S/c1-41-20-11-9-19(10-12-20)33-29(40)35-27-34-28(38-31(46)32-15-14-18-8-13-23(42-2)25(16-18)43-3)37-30(36-27)45-24-17-26(39)44-22-7-5-4-6-21(22)24/h4-13,16-17H,14-15H2,1-3H3,(H4,32,33,34,35,36,37,38,40,46). The number of thiocarbonyl (C=S) groups is 1. The molecule has 0 saturated heterocycles. The summed E-state index contributed by atoms with van der Waals surface area (Å²) >= 11 is 5.46. The molecule has 0 saturated carbocycles. The second-order valence-corrected chi connectivity index (χ2v) is 9.83. The SMILES string of the molecule is COc1ccc(NC(=O)Nc2nc(NC(=S)NCCc3ccc(OC)c(OC)c3)nc(Oc3cc(=O)oc4ccccc34)n2)cc1. The van der Waals surface area contributed by atoms with Crippen LogP contribution in [0.4, 0.5) is 22.4 Å². The van der Waals surface area contributed by atoms with Gasteiger partial charge in [0.05, 0.1) is 32.8 Å². The van der Waals surface area contributed by atoms with Crippen LogP contribution in [-0.2, 0) is 6.42 Å². The Morgan fingerprint density at radius 2 is 1.54 bits per heavy atom. The Labute approximate surface area is 268 Å². The average Bonchev–Trinajstić information content (AvgIpc) is 3.04. The van der Waals surface area contributed by atoms with E-state index in [-0.39, 0.29) is 28.8 Å². The lowest BCUT2D eigenvalue weighted by molar-refractivity contribution is 0.262. The molecule has 3 aromatic carbocycles. The number of urea groups is 1. The maximum Gasteiger partial charge on any atom is 0.339 e. The summed E-state index contributed by atoms with van der Waals surface area (Å²) in [6.45, 7) is 0.469. The number of hydrogen-bond donors (Lipinski definition) is 4. The summed E-state index contributed by atoms with van der Waals surface area (Å²) in [4.78, 5) is 37.8. The van der Waals surface area contributed by atoms with Gasteiger partial charge in [-0.2, -0.15) is 15.0 Å². The zero-order valence-corrected chi connectivity index (χ0v) is 25.8. The number of fused-ring (bicyclic) bond motifs is 1. The summed E-state index contributed by atoms with van der Waals surface area (Å²) < 4.78 is 27.0. The molecule has 2 aromatic heterocycles. The first kappa shape index (κ1) is 31.5. The van der Waals surface area contributed by atoms with Crippen LogP contribution in [0.2, 0.25) is 0 Å². The van der Waals surface area contributed by atoms with Gasteiger partial charge in [-0.3, -0.25) is 5.32 Å². The number of amides is 2. The van der Waals surface area contributed by atoms with Gasteiger partial charge in [0.2, 0.25) is 11.9 Å². The van der Waals surface area contributed by atoms with E-state index in [9.17, 15) is 9.59 Å². The summed E-state index contributed by atoms with van der Waals surface area (Å²) in [5, 5.41) is 11.9. The van der Waals surface area contributed by atoms with Crippen molar-refractivity contribution in [3.8, 4) is 29.0 Å². The number of methoxy groups -OCH3 is 3. The van der Waals surface area contributed by atoms with Gasteiger partial charge in [0.15, 0.2) is 16.6 Å². The van der Waals surface area contributed by atoms with E-state index in [0.717, 1.165) is 5.56 Å². The van der Waals surface area contributed by atoms with Gasteiger partial charge in [-0.05, 0) is 72.7 Å². The van der Waals surface area contributed by atoms with E-state index in [1.54, 1.807) is 69.9 Å². The van der Waals surface area contributed by atoms with Crippen molar-refractivity contribution in [2.75, 3.05) is 43.8 Å². The van der Waals surface area contributed by atoms with E-state index in [0.29, 0.717) is 46.9 Å². The highest BCUT2D eigenvalue weighted by Crippen LogP contribution is 2.29. The molecule has 15 heteroatoms. The quantitative estimate of drug-likeness (QED) is 0.112. The number of anilines is 3. The van der Waals surface area contributed by atoms with Crippen LogP contribution in [0.3, 0.4) is 0 Å². The van der Waals surface area contributed by atoms with Gasteiger partial charge in [-0.15, -0.1) is 0 Å². The fourth-order valence-corrected chi connectivity index (χ4v) is 4.41. The molecule has 0 spiro atoms. The van der Waals surface area contributed by atoms with Crippen LogP contribution in [0.5, 0.6) is 29.0 Å². The highest BCUT2D eigenvalue weighted by Gasteiger charge is 2.15. The molecular weight excluding hydrogens is 614 g/mol. The number of aromatic nitrogens is 3. The van der Waals surface area contributed by atoms with E-state index < -0.39 is 11.7 Å². The maximum atomic E-state index is 12.8. The van der Waals surface area contributed by atoms with Crippen molar-refractivity contribution < 1.29 is 28.2 Å². The van der Waals surface area contributed by atoms with Crippen molar-refractivity contribution in [1.82, 2.24) is 20.3 Å². The number of nitrogens with one attached hydrogen (secondary N) is 4. The normalized spacial score (nSPS) is 10.5. The molecule has 0 unspecified atom stereocenters. The van der Waals surface area contributed by atoms with Crippen LogP contribution in [0, 0.1) is 0 Å². The van der Waals surface area contributed by atoms with Crippen LogP contribution < -0.4 is 45.8 Å². The monoisotopic (exact) mass is 643 g/mol. The lowest BCUT2D eigenvalue weighted by atomic mass is 10.1. The number of benzene rings is 3. The molecule has 4 N–H and O–H groups in total. The molecule has 0 aliphatic carbocycles. The number of nitrogens with zero attached hydrogens (tertiary/aromatic N) is 3. The predicted octanol–water partition coefficient (Wildman–Crippen LogP) is 4.97. The van der Waals surface area contributed by atoms with Crippen LogP contribution in [-0.4, -0.2) is 54.0 Å². The Morgan fingerprint density at radius 1 is 0.804 bits per heavy atom. The Morgan fingerprint density at radius 3 is 2.28 bits per heavy atom. The highest BCUT2D eigenvalue weighted by molar-refractivity contribution is 7.80. The number of carbonyl (C=O) groups is 1. The Hall–Kier alpha value is -5.96. The van der Waals surface area contributed by atoms with Gasteiger partial charge in [0.1, 0.15) is 17.1 Å². The van der Waals surface area contributed by atoms with Crippen molar-refractivity contribution in [3.63, 3.8) is 0 Å². The molecule has 5 aromatic rings. The van der Waals surface area contributed by atoms with Gasteiger partial charge < -0.3 is 39.3 Å². The van der Waals surface area contributed by atoms with Crippen LogP contribution >= 0.6 is 12.2 Å². The Bertz CT molecular complexity index is 1920. The minimum atomic E-state index is -0.630. The first-order chi connectivity index (χ1) is 22.3. The summed E-state index contributed by atoms with van der Waals surface area (Å²) in [7, 11) is 4.70. The summed E-state index contributed by atoms with van der Waals surface area (Å²) in [5.41, 5.74) is 1.19. The lowest BCUT2D eigenvalue weighted by Gasteiger charge is -2.13. The number of carbonyl (C=O) groups excluding carboxylic acids is 1. The van der Waals surface area contributed by atoms with Crippen LogP contribution in [0.1, 0.15) is 5.56 Å². The maximum absolute atomic E-state index is 12.8. The number of hydrogen-bond acceptors (Lipinski definition) is 11. The predicted molar refractivity (Wildman–Crippen MR) is 175 cm³/mol. The Balaban J connectivity index is 1.33. The lowest BCUT2D eigenvalue weighted by Crippen LogP contribution is -2.31. The molecular formula is C31H29N7O7S. The van der Waals surface area contributed by atoms with Gasteiger partial charge in [0, 0.05) is 12.2 Å². The van der Waals surface area contributed by atoms with Gasteiger partial charge >= 0.3 is 17.7 Å². The van der Waals surface area contributed by atoms with Crippen molar-refractivity contribution in [3.05, 3.63) is 88.8 Å². The van der Waals surface area contributed by atoms with Crippen molar-refractivity contribution >= 4 is 51.9 Å². The molecule has 0 radical (unpaired) electrons. The van der Waals surface area contributed by atoms with Crippen LogP contribution in [0.15, 0.2) is 82.0 Å². The molecule has 2 amide bonds.